The van der Waals surface area contributed by atoms with Crippen LogP contribution in [0.15, 0.2) is 0 Å². The number of amides is 1. The van der Waals surface area contributed by atoms with Crippen molar-refractivity contribution in [1.82, 2.24) is 5.32 Å². The smallest absolute Gasteiger partial charge is 0.325 e. The Morgan fingerprint density at radius 2 is 2.00 bits per heavy atom. The van der Waals surface area contributed by atoms with Crippen molar-refractivity contribution < 1.29 is 14.3 Å². The van der Waals surface area contributed by atoms with Gasteiger partial charge in [0.2, 0.25) is 5.91 Å². The predicted molar refractivity (Wildman–Crippen MR) is 69.7 cm³/mol. The van der Waals surface area contributed by atoms with Gasteiger partial charge in [-0.1, -0.05) is 6.92 Å². The van der Waals surface area contributed by atoms with Gasteiger partial charge in [0.25, 0.3) is 0 Å². The molecular formula is C12H25N3O3. The zero-order valence-electron chi connectivity index (χ0n) is 11.7. The summed E-state index contributed by atoms with van der Waals surface area (Å²) in [4.78, 5) is 22.7. The fraction of sp³-hybridized carbons (Fsp3) is 0.833. The number of esters is 1. The Bertz CT molecular complexity index is 292. The van der Waals surface area contributed by atoms with Crippen LogP contribution in [0.25, 0.3) is 0 Å². The van der Waals surface area contributed by atoms with E-state index in [0.717, 1.165) is 0 Å². The van der Waals surface area contributed by atoms with Gasteiger partial charge in [0, 0.05) is 0 Å². The van der Waals surface area contributed by atoms with E-state index in [4.69, 9.17) is 16.2 Å². The van der Waals surface area contributed by atoms with Crippen molar-refractivity contribution in [3.05, 3.63) is 0 Å². The van der Waals surface area contributed by atoms with Crippen LogP contribution < -0.4 is 16.8 Å². The molecule has 0 rings (SSSR count). The molecule has 0 aromatic rings. The van der Waals surface area contributed by atoms with E-state index in [1.807, 2.05) is 6.92 Å². The molecule has 0 bridgehead atoms. The molecule has 0 radical (unpaired) electrons. The van der Waals surface area contributed by atoms with Crippen molar-refractivity contribution in [1.29, 1.82) is 0 Å². The van der Waals surface area contributed by atoms with Gasteiger partial charge in [-0.15, -0.1) is 0 Å². The van der Waals surface area contributed by atoms with E-state index >= 15 is 0 Å². The summed E-state index contributed by atoms with van der Waals surface area (Å²) in [6, 6.07) is -0.405. The van der Waals surface area contributed by atoms with Crippen molar-refractivity contribution in [2.75, 3.05) is 13.7 Å². The van der Waals surface area contributed by atoms with Crippen LogP contribution in [-0.2, 0) is 14.3 Å². The highest BCUT2D eigenvalue weighted by molar-refractivity contribution is 5.80. The van der Waals surface area contributed by atoms with E-state index in [9.17, 15) is 9.59 Å². The molecule has 0 aliphatic carbocycles. The average molecular weight is 259 g/mol. The first-order valence-electron chi connectivity index (χ1n) is 6.17. The molecule has 0 aliphatic heterocycles. The Hall–Kier alpha value is -1.14. The van der Waals surface area contributed by atoms with Gasteiger partial charge >= 0.3 is 5.97 Å². The highest BCUT2D eigenvalue weighted by Gasteiger charge is 2.32. The second-order valence-electron chi connectivity index (χ2n) is 4.93. The minimum Gasteiger partial charge on any atom is -0.465 e. The molecule has 5 N–H and O–H groups in total. The summed E-state index contributed by atoms with van der Waals surface area (Å²) >= 11 is 0. The van der Waals surface area contributed by atoms with Gasteiger partial charge in [-0.25, -0.2) is 0 Å². The lowest BCUT2D eigenvalue weighted by atomic mass is 9.87. The molecule has 0 spiro atoms. The van der Waals surface area contributed by atoms with Crippen LogP contribution >= 0.6 is 0 Å². The maximum atomic E-state index is 11.6. The van der Waals surface area contributed by atoms with Crippen LogP contribution in [0.2, 0.25) is 0 Å². The van der Waals surface area contributed by atoms with Gasteiger partial charge < -0.3 is 21.5 Å². The van der Waals surface area contributed by atoms with Crippen molar-refractivity contribution >= 4 is 11.9 Å². The number of rotatable bonds is 8. The molecule has 0 saturated heterocycles. The van der Waals surface area contributed by atoms with Crippen LogP contribution in [0, 0.1) is 5.92 Å². The maximum absolute atomic E-state index is 11.6. The van der Waals surface area contributed by atoms with Gasteiger partial charge in [0.1, 0.15) is 5.54 Å². The minimum absolute atomic E-state index is 0.0781. The number of primary amides is 1. The lowest BCUT2D eigenvalue weighted by Gasteiger charge is -2.27. The normalized spacial score (nSPS) is 17.6. The lowest BCUT2D eigenvalue weighted by Crippen LogP contribution is -2.48. The van der Waals surface area contributed by atoms with Crippen LogP contribution in [0.1, 0.15) is 33.6 Å². The molecular weight excluding hydrogens is 234 g/mol. The Morgan fingerprint density at radius 1 is 1.44 bits per heavy atom. The second-order valence-corrected chi connectivity index (χ2v) is 4.93. The fourth-order valence-corrected chi connectivity index (χ4v) is 1.97. The third-order valence-corrected chi connectivity index (χ3v) is 2.84. The number of hydrogen-bond acceptors (Lipinski definition) is 5. The molecule has 0 saturated carbocycles. The van der Waals surface area contributed by atoms with Crippen LogP contribution in [0.4, 0.5) is 0 Å². The Labute approximate surface area is 108 Å². The summed E-state index contributed by atoms with van der Waals surface area (Å²) in [5.74, 6) is -0.745. The number of carbonyl (C=O) groups excluding carboxylic acids is 2. The molecule has 0 aliphatic rings. The number of nitrogens with one attached hydrogen (secondary N) is 1. The zero-order chi connectivity index (χ0) is 14.3. The summed E-state index contributed by atoms with van der Waals surface area (Å²) in [6.07, 6.45) is 0.981. The molecule has 0 aromatic heterocycles. The quantitative estimate of drug-likeness (QED) is 0.521. The van der Waals surface area contributed by atoms with Gasteiger partial charge in [0.05, 0.1) is 12.6 Å². The molecule has 6 nitrogen and oxygen atoms in total. The first kappa shape index (κ1) is 16.9. The molecule has 1 amide bonds. The van der Waals surface area contributed by atoms with Crippen molar-refractivity contribution in [3.8, 4) is 0 Å². The van der Waals surface area contributed by atoms with Gasteiger partial charge in [0.15, 0.2) is 0 Å². The van der Waals surface area contributed by atoms with Gasteiger partial charge in [-0.05, 0) is 39.7 Å². The van der Waals surface area contributed by atoms with Gasteiger partial charge in [-0.2, -0.15) is 0 Å². The summed E-state index contributed by atoms with van der Waals surface area (Å²) in [6.45, 7) is 5.61. The first-order valence-corrected chi connectivity index (χ1v) is 6.17. The fourth-order valence-electron chi connectivity index (χ4n) is 1.97. The van der Waals surface area contributed by atoms with Crippen LogP contribution in [-0.4, -0.2) is 37.1 Å². The molecule has 3 unspecified atom stereocenters. The maximum Gasteiger partial charge on any atom is 0.325 e. The topological polar surface area (TPSA) is 107 Å². The van der Waals surface area contributed by atoms with E-state index in [0.29, 0.717) is 19.4 Å². The highest BCUT2D eigenvalue weighted by Crippen LogP contribution is 2.20. The van der Waals surface area contributed by atoms with E-state index in [1.54, 1.807) is 20.9 Å². The molecule has 0 heterocycles. The molecule has 0 fully saturated rings. The van der Waals surface area contributed by atoms with Crippen molar-refractivity contribution in [2.45, 2.75) is 45.2 Å². The number of hydrogen-bond donors (Lipinski definition) is 3. The molecule has 0 aromatic carbocycles. The summed E-state index contributed by atoms with van der Waals surface area (Å²) in [5.41, 5.74) is 10.1. The predicted octanol–water partition coefficient (Wildman–Crippen LogP) is -0.243. The first-order chi connectivity index (χ1) is 8.24. The number of likely N-dealkylation sites (N-methyl/N-ethyl adjacent to an activating group) is 1. The van der Waals surface area contributed by atoms with Crippen LogP contribution in [0.3, 0.4) is 0 Å². The number of nitrogens with two attached hydrogens (primary N) is 2. The monoisotopic (exact) mass is 259 g/mol. The Morgan fingerprint density at radius 3 is 2.39 bits per heavy atom. The third kappa shape index (κ3) is 5.46. The standard InChI is InChI=1S/C12H25N3O3/c1-5-18-11(17)12(3,14)7-8(2)6-9(15-4)10(13)16/h8-9,15H,5-7,14H2,1-4H3,(H2,13,16). The molecule has 18 heavy (non-hydrogen) atoms. The zero-order valence-corrected chi connectivity index (χ0v) is 11.7. The Kier molecular flexibility index (Phi) is 6.86. The van der Waals surface area contributed by atoms with E-state index in [1.165, 1.54) is 0 Å². The van der Waals surface area contributed by atoms with Crippen molar-refractivity contribution in [3.63, 3.8) is 0 Å². The molecule has 3 atom stereocenters. The summed E-state index contributed by atoms with van der Waals surface area (Å²) in [5, 5.41) is 2.84. The number of ether oxygens (including phenoxy) is 1. The number of carbonyl (C=O) groups is 2. The largest absolute Gasteiger partial charge is 0.465 e. The highest BCUT2D eigenvalue weighted by atomic mass is 16.5. The van der Waals surface area contributed by atoms with Gasteiger partial charge in [-0.3, -0.25) is 9.59 Å². The van der Waals surface area contributed by atoms with E-state index < -0.39 is 23.5 Å². The SMILES string of the molecule is CCOC(=O)C(C)(N)CC(C)CC(NC)C(N)=O. The van der Waals surface area contributed by atoms with E-state index in [-0.39, 0.29) is 5.92 Å². The lowest BCUT2D eigenvalue weighted by molar-refractivity contribution is -0.149. The molecule has 106 valence electrons. The van der Waals surface area contributed by atoms with E-state index in [2.05, 4.69) is 5.32 Å². The molecule has 6 heteroatoms. The van der Waals surface area contributed by atoms with Crippen LogP contribution in [0.5, 0.6) is 0 Å². The van der Waals surface area contributed by atoms with Crippen molar-refractivity contribution in [2.24, 2.45) is 17.4 Å². The Balaban J connectivity index is 4.41. The summed E-state index contributed by atoms with van der Waals surface area (Å²) < 4.78 is 4.92. The second kappa shape index (κ2) is 7.33. The summed E-state index contributed by atoms with van der Waals surface area (Å²) in [7, 11) is 1.68. The average Bonchev–Trinajstić information content (AvgIpc) is 2.25. The minimum atomic E-state index is -1.04. The third-order valence-electron chi connectivity index (χ3n) is 2.84.